The first-order chi connectivity index (χ1) is 17.8. The Morgan fingerprint density at radius 3 is 2.45 bits per heavy atom. The molecule has 0 spiro atoms. The van der Waals surface area contributed by atoms with E-state index < -0.39 is 0 Å². The number of carbonyl (C=O) groups excluding carboxylic acids is 1. The van der Waals surface area contributed by atoms with E-state index in [1.54, 1.807) is 0 Å². The zero-order valence-corrected chi connectivity index (χ0v) is 26.0. The van der Waals surface area contributed by atoms with Gasteiger partial charge >= 0.3 is 5.97 Å². The van der Waals surface area contributed by atoms with Crippen molar-refractivity contribution in [2.75, 3.05) is 6.54 Å². The van der Waals surface area contributed by atoms with Crippen LogP contribution in [0.5, 0.6) is 0 Å². The largest absolute Gasteiger partial charge is 0.461 e. The van der Waals surface area contributed by atoms with Crippen molar-refractivity contribution >= 4 is 5.97 Å². The number of ether oxygens (including phenoxy) is 1. The third-order valence-corrected chi connectivity index (χ3v) is 13.2. The van der Waals surface area contributed by atoms with E-state index in [0.29, 0.717) is 16.7 Å². The summed E-state index contributed by atoms with van der Waals surface area (Å²) in [5.41, 5.74) is 6.20. The van der Waals surface area contributed by atoms with Gasteiger partial charge in [0.05, 0.1) is 0 Å². The van der Waals surface area contributed by atoms with Gasteiger partial charge in [-0.3, -0.25) is 4.79 Å². The number of carbonyl (C=O) groups is 1. The summed E-state index contributed by atoms with van der Waals surface area (Å²) in [6.07, 6.45) is 17.2. The van der Waals surface area contributed by atoms with Gasteiger partial charge in [0.2, 0.25) is 0 Å². The van der Waals surface area contributed by atoms with Gasteiger partial charge < -0.3 is 10.1 Å². The molecule has 4 aliphatic carbocycles. The van der Waals surface area contributed by atoms with Gasteiger partial charge in [-0.05, 0) is 131 Å². The SMILES string of the molecule is CC(C)=CCC[C@@H](C)[C@H]1CC[C@@]2(C)C3=C(CC[C@]12C)[C@@]1(C)CC[C@H](OC(=O)[C@@H]2CCCN2)C(C)(C)C1CC3. The minimum absolute atomic E-state index is 0.00320. The van der Waals surface area contributed by atoms with Gasteiger partial charge in [0, 0.05) is 5.41 Å². The van der Waals surface area contributed by atoms with E-state index in [4.69, 9.17) is 4.74 Å². The highest BCUT2D eigenvalue weighted by Gasteiger charge is 2.63. The fraction of sp³-hybridized carbons (Fsp3) is 0.857. The lowest BCUT2D eigenvalue weighted by Gasteiger charge is -2.62. The topological polar surface area (TPSA) is 38.3 Å². The lowest BCUT2D eigenvalue weighted by Crippen LogP contribution is -2.56. The van der Waals surface area contributed by atoms with E-state index in [0.717, 1.165) is 37.6 Å². The fourth-order valence-corrected chi connectivity index (χ4v) is 10.8. The van der Waals surface area contributed by atoms with Crippen LogP contribution in [-0.2, 0) is 9.53 Å². The van der Waals surface area contributed by atoms with E-state index in [-0.39, 0.29) is 28.9 Å². The minimum Gasteiger partial charge on any atom is -0.461 e. The van der Waals surface area contributed by atoms with Crippen LogP contribution in [-0.4, -0.2) is 24.7 Å². The number of nitrogens with one attached hydrogen (secondary N) is 1. The molecule has 1 aliphatic heterocycles. The lowest BCUT2D eigenvalue weighted by molar-refractivity contribution is -0.171. The Hall–Kier alpha value is -1.09. The van der Waals surface area contributed by atoms with E-state index >= 15 is 0 Å². The molecule has 0 radical (unpaired) electrons. The van der Waals surface area contributed by atoms with Crippen molar-refractivity contribution in [2.45, 2.75) is 145 Å². The summed E-state index contributed by atoms with van der Waals surface area (Å²) < 4.78 is 6.29. The molecule has 0 aromatic carbocycles. The number of fused-ring (bicyclic) bond motifs is 4. The first-order valence-electron chi connectivity index (χ1n) is 16.1. The maximum Gasteiger partial charge on any atom is 0.323 e. The lowest BCUT2D eigenvalue weighted by atomic mass is 9.43. The monoisotopic (exact) mass is 523 g/mol. The molecule has 5 aliphatic rings. The molecule has 5 rings (SSSR count). The van der Waals surface area contributed by atoms with E-state index in [1.807, 2.05) is 11.1 Å². The fourth-order valence-electron chi connectivity index (χ4n) is 10.8. The molecule has 1 saturated heterocycles. The third-order valence-electron chi connectivity index (χ3n) is 13.2. The molecule has 0 aromatic rings. The van der Waals surface area contributed by atoms with Crippen molar-refractivity contribution in [3.63, 3.8) is 0 Å². The highest BCUT2D eigenvalue weighted by atomic mass is 16.5. The molecule has 3 nitrogen and oxygen atoms in total. The van der Waals surface area contributed by atoms with E-state index in [9.17, 15) is 4.79 Å². The third kappa shape index (κ3) is 4.36. The second-order valence-electron chi connectivity index (χ2n) is 15.6. The first kappa shape index (κ1) is 28.4. The van der Waals surface area contributed by atoms with Gasteiger partial charge in [-0.1, -0.05) is 64.3 Å². The maximum atomic E-state index is 13.0. The number of rotatable bonds is 6. The van der Waals surface area contributed by atoms with Crippen molar-refractivity contribution in [3.8, 4) is 0 Å². The molecule has 1 unspecified atom stereocenters. The Bertz CT molecular complexity index is 982. The molecule has 38 heavy (non-hydrogen) atoms. The van der Waals surface area contributed by atoms with Crippen molar-refractivity contribution in [1.29, 1.82) is 0 Å². The number of allylic oxidation sites excluding steroid dienone is 4. The zero-order chi connectivity index (χ0) is 27.5. The Morgan fingerprint density at radius 2 is 1.76 bits per heavy atom. The summed E-state index contributed by atoms with van der Waals surface area (Å²) in [6.45, 7) is 20.7. The Labute approximate surface area is 234 Å². The summed E-state index contributed by atoms with van der Waals surface area (Å²) in [6, 6.07) is -0.0875. The van der Waals surface area contributed by atoms with Crippen LogP contribution >= 0.6 is 0 Å². The van der Waals surface area contributed by atoms with Crippen LogP contribution < -0.4 is 5.32 Å². The Kier molecular flexibility index (Phi) is 7.54. The molecular formula is C35H57NO2. The Balaban J connectivity index is 1.37. The number of hydrogen-bond acceptors (Lipinski definition) is 3. The van der Waals surface area contributed by atoms with Crippen LogP contribution in [0.1, 0.15) is 132 Å². The molecule has 0 amide bonds. The predicted molar refractivity (Wildman–Crippen MR) is 158 cm³/mol. The zero-order valence-electron chi connectivity index (χ0n) is 26.0. The molecule has 2 saturated carbocycles. The van der Waals surface area contributed by atoms with Crippen molar-refractivity contribution in [3.05, 3.63) is 22.8 Å². The second kappa shape index (κ2) is 10.1. The van der Waals surface area contributed by atoms with Crippen molar-refractivity contribution in [2.24, 2.45) is 39.4 Å². The van der Waals surface area contributed by atoms with E-state index in [1.165, 1.54) is 63.4 Å². The molecular weight excluding hydrogens is 466 g/mol. The number of hydrogen-bond donors (Lipinski definition) is 1. The molecule has 8 atom stereocenters. The van der Waals surface area contributed by atoms with Crippen molar-refractivity contribution < 1.29 is 9.53 Å². The Morgan fingerprint density at radius 1 is 1.00 bits per heavy atom. The van der Waals surface area contributed by atoms with Crippen LogP contribution in [0, 0.1) is 39.4 Å². The predicted octanol–water partition coefficient (Wildman–Crippen LogP) is 8.78. The van der Waals surface area contributed by atoms with Crippen LogP contribution in [0.4, 0.5) is 0 Å². The van der Waals surface area contributed by atoms with E-state index in [2.05, 4.69) is 66.8 Å². The van der Waals surface area contributed by atoms with Gasteiger partial charge in [-0.2, -0.15) is 0 Å². The van der Waals surface area contributed by atoms with Gasteiger partial charge in [-0.25, -0.2) is 0 Å². The molecule has 1 N–H and O–H groups in total. The quantitative estimate of drug-likeness (QED) is 0.279. The first-order valence-corrected chi connectivity index (χ1v) is 16.1. The summed E-state index contributed by atoms with van der Waals surface area (Å²) in [4.78, 5) is 13.0. The van der Waals surface area contributed by atoms with Crippen molar-refractivity contribution in [1.82, 2.24) is 5.32 Å². The highest BCUT2D eigenvalue weighted by Crippen LogP contribution is 2.72. The normalized spacial score (nSPS) is 42.6. The molecule has 1 heterocycles. The van der Waals surface area contributed by atoms with Crippen LogP contribution in [0.2, 0.25) is 0 Å². The number of esters is 1. The average Bonchev–Trinajstić information content (AvgIpc) is 3.47. The molecule has 3 heteroatoms. The molecule has 3 fully saturated rings. The minimum atomic E-state index is -0.0875. The van der Waals surface area contributed by atoms with Gasteiger partial charge in [0.25, 0.3) is 0 Å². The smallest absolute Gasteiger partial charge is 0.323 e. The van der Waals surface area contributed by atoms with Gasteiger partial charge in [-0.15, -0.1) is 0 Å². The standard InChI is InChI=1S/C35H57NO2/c1-23(2)11-9-12-24(3)25-16-20-35(8)27-14-15-29-32(4,5)30(38-31(37)28-13-10-22-36-28)18-19-33(29,6)26(27)17-21-34(25,35)7/h11,24-25,28-30,36H,9-10,12-22H2,1-8H3/t24-,25-,28+,29?,30+,33-,34-,35+/m1/s1. The van der Waals surface area contributed by atoms with Crippen LogP contribution in [0.15, 0.2) is 22.8 Å². The molecule has 0 aromatic heterocycles. The summed E-state index contributed by atoms with van der Waals surface area (Å²) in [7, 11) is 0. The molecule has 214 valence electrons. The maximum absolute atomic E-state index is 13.0. The average molecular weight is 524 g/mol. The van der Waals surface area contributed by atoms with Crippen LogP contribution in [0.25, 0.3) is 0 Å². The summed E-state index contributed by atoms with van der Waals surface area (Å²) in [5, 5.41) is 3.35. The van der Waals surface area contributed by atoms with Gasteiger partial charge in [0.15, 0.2) is 0 Å². The highest BCUT2D eigenvalue weighted by molar-refractivity contribution is 5.76. The van der Waals surface area contributed by atoms with Gasteiger partial charge in [0.1, 0.15) is 12.1 Å². The second-order valence-corrected chi connectivity index (χ2v) is 15.6. The molecule has 0 bridgehead atoms. The summed E-state index contributed by atoms with van der Waals surface area (Å²) >= 11 is 0. The summed E-state index contributed by atoms with van der Waals surface area (Å²) in [5.74, 6) is 2.22. The van der Waals surface area contributed by atoms with Crippen LogP contribution in [0.3, 0.4) is 0 Å².